The molecule has 0 unspecified atom stereocenters. The van der Waals surface area contributed by atoms with Gasteiger partial charge in [0.25, 0.3) is 0 Å². The van der Waals surface area contributed by atoms with Gasteiger partial charge in [-0.05, 0) is 50.2 Å². The zero-order chi connectivity index (χ0) is 14.7. The molecule has 0 bridgehead atoms. The lowest BCUT2D eigenvalue weighted by molar-refractivity contribution is -0.137. The molecule has 21 heavy (non-hydrogen) atoms. The van der Waals surface area contributed by atoms with E-state index >= 15 is 0 Å². The average molecular weight is 283 g/mol. The van der Waals surface area contributed by atoms with Gasteiger partial charge >= 0.3 is 5.97 Å². The third-order valence-corrected chi connectivity index (χ3v) is 4.65. The summed E-state index contributed by atoms with van der Waals surface area (Å²) < 4.78 is 0. The molecule has 3 nitrogen and oxygen atoms in total. The van der Waals surface area contributed by atoms with E-state index in [0.717, 1.165) is 37.6 Å². The third-order valence-electron chi connectivity index (χ3n) is 4.65. The van der Waals surface area contributed by atoms with Crippen molar-refractivity contribution in [2.24, 2.45) is 5.92 Å². The normalized spacial score (nSPS) is 22.3. The van der Waals surface area contributed by atoms with Crippen LogP contribution in [0.25, 0.3) is 10.9 Å². The van der Waals surface area contributed by atoms with Gasteiger partial charge in [0.1, 0.15) is 0 Å². The van der Waals surface area contributed by atoms with Crippen molar-refractivity contribution in [3.8, 4) is 0 Å². The second kappa shape index (κ2) is 6.25. The van der Waals surface area contributed by atoms with E-state index in [1.165, 1.54) is 11.1 Å². The molecule has 1 fully saturated rings. The Morgan fingerprint density at radius 2 is 1.86 bits per heavy atom. The molecule has 3 heteroatoms. The summed E-state index contributed by atoms with van der Waals surface area (Å²) in [6, 6.07) is 12.5. The van der Waals surface area contributed by atoms with Crippen LogP contribution in [0.5, 0.6) is 0 Å². The SMILES string of the molecule is O=C(O)CCC1CCC(c2ccc3ccccc3n2)CC1. The first kappa shape index (κ1) is 14.1. The molecule has 0 radical (unpaired) electrons. The van der Waals surface area contributed by atoms with Gasteiger partial charge in [-0.2, -0.15) is 0 Å². The van der Waals surface area contributed by atoms with Crippen LogP contribution in [0.15, 0.2) is 36.4 Å². The van der Waals surface area contributed by atoms with Gasteiger partial charge in [-0.25, -0.2) is 0 Å². The number of benzene rings is 1. The molecule has 0 aliphatic heterocycles. The predicted molar refractivity (Wildman–Crippen MR) is 83.3 cm³/mol. The highest BCUT2D eigenvalue weighted by Crippen LogP contribution is 2.37. The fraction of sp³-hybridized carbons (Fsp3) is 0.444. The Hall–Kier alpha value is -1.90. The molecule has 1 aliphatic carbocycles. The number of aromatic nitrogens is 1. The summed E-state index contributed by atoms with van der Waals surface area (Å²) in [6.45, 7) is 0. The van der Waals surface area contributed by atoms with E-state index in [0.29, 0.717) is 18.3 Å². The maximum absolute atomic E-state index is 10.6. The van der Waals surface area contributed by atoms with Crippen molar-refractivity contribution in [2.45, 2.75) is 44.4 Å². The lowest BCUT2D eigenvalue weighted by atomic mass is 9.78. The van der Waals surface area contributed by atoms with E-state index in [9.17, 15) is 4.79 Å². The molecule has 1 heterocycles. The highest BCUT2D eigenvalue weighted by molar-refractivity contribution is 5.78. The number of pyridine rings is 1. The Balaban J connectivity index is 1.64. The minimum absolute atomic E-state index is 0.309. The van der Waals surface area contributed by atoms with Gasteiger partial charge < -0.3 is 5.11 Å². The third kappa shape index (κ3) is 3.41. The molecule has 0 saturated heterocycles. The lowest BCUT2D eigenvalue weighted by Crippen LogP contribution is -2.15. The largest absolute Gasteiger partial charge is 0.481 e. The van der Waals surface area contributed by atoms with Crippen LogP contribution >= 0.6 is 0 Å². The van der Waals surface area contributed by atoms with Crippen LogP contribution in [0.1, 0.15) is 50.1 Å². The number of nitrogens with zero attached hydrogens (tertiary/aromatic N) is 1. The number of hydrogen-bond donors (Lipinski definition) is 1. The minimum Gasteiger partial charge on any atom is -0.481 e. The summed E-state index contributed by atoms with van der Waals surface area (Å²) in [6.07, 6.45) is 5.67. The summed E-state index contributed by atoms with van der Waals surface area (Å²) in [7, 11) is 0. The zero-order valence-electron chi connectivity index (χ0n) is 12.2. The quantitative estimate of drug-likeness (QED) is 0.906. The van der Waals surface area contributed by atoms with E-state index in [1.54, 1.807) is 0 Å². The van der Waals surface area contributed by atoms with Crippen LogP contribution in [0.4, 0.5) is 0 Å². The van der Waals surface area contributed by atoms with Crippen molar-refractivity contribution in [3.63, 3.8) is 0 Å². The molecule has 3 rings (SSSR count). The number of carboxylic acid groups (broad SMARTS) is 1. The first-order chi connectivity index (χ1) is 10.2. The van der Waals surface area contributed by atoms with Crippen molar-refractivity contribution in [1.82, 2.24) is 4.98 Å². The topological polar surface area (TPSA) is 50.2 Å². The summed E-state index contributed by atoms with van der Waals surface area (Å²) in [5.41, 5.74) is 2.27. The monoisotopic (exact) mass is 283 g/mol. The van der Waals surface area contributed by atoms with Crippen molar-refractivity contribution >= 4 is 16.9 Å². The average Bonchev–Trinajstić information content (AvgIpc) is 2.53. The minimum atomic E-state index is -0.673. The number of carboxylic acids is 1. The molecule has 1 aliphatic rings. The number of fused-ring (bicyclic) bond motifs is 1. The van der Waals surface area contributed by atoms with E-state index in [2.05, 4.69) is 24.3 Å². The van der Waals surface area contributed by atoms with E-state index in [-0.39, 0.29) is 0 Å². The Kier molecular flexibility index (Phi) is 4.18. The summed E-state index contributed by atoms with van der Waals surface area (Å²) >= 11 is 0. The van der Waals surface area contributed by atoms with Crippen molar-refractivity contribution < 1.29 is 9.90 Å². The van der Waals surface area contributed by atoms with E-state index < -0.39 is 5.97 Å². The number of hydrogen-bond acceptors (Lipinski definition) is 2. The fourth-order valence-electron chi connectivity index (χ4n) is 3.38. The second-order valence-electron chi connectivity index (χ2n) is 6.08. The zero-order valence-corrected chi connectivity index (χ0v) is 12.2. The van der Waals surface area contributed by atoms with Crippen LogP contribution in [0, 0.1) is 5.92 Å². The summed E-state index contributed by atoms with van der Waals surface area (Å²) in [5, 5.41) is 9.96. The Morgan fingerprint density at radius 3 is 2.62 bits per heavy atom. The van der Waals surface area contributed by atoms with Crippen LogP contribution in [0.2, 0.25) is 0 Å². The fourth-order valence-corrected chi connectivity index (χ4v) is 3.38. The summed E-state index contributed by atoms with van der Waals surface area (Å²) in [5.74, 6) is 0.446. The van der Waals surface area contributed by atoms with Crippen molar-refractivity contribution in [1.29, 1.82) is 0 Å². The van der Waals surface area contributed by atoms with Gasteiger partial charge in [0, 0.05) is 23.4 Å². The molecule has 1 aromatic carbocycles. The predicted octanol–water partition coefficient (Wildman–Crippen LogP) is 4.37. The molecular weight excluding hydrogens is 262 g/mol. The highest BCUT2D eigenvalue weighted by atomic mass is 16.4. The molecule has 2 aromatic rings. The van der Waals surface area contributed by atoms with E-state index in [1.807, 2.05) is 12.1 Å². The van der Waals surface area contributed by atoms with Crippen LogP contribution in [0.3, 0.4) is 0 Å². The number of rotatable bonds is 4. The van der Waals surface area contributed by atoms with Crippen LogP contribution < -0.4 is 0 Å². The summed E-state index contributed by atoms with van der Waals surface area (Å²) in [4.78, 5) is 15.4. The van der Waals surface area contributed by atoms with Gasteiger partial charge in [0.2, 0.25) is 0 Å². The van der Waals surface area contributed by atoms with Gasteiger partial charge in [-0.15, -0.1) is 0 Å². The first-order valence-electron chi connectivity index (χ1n) is 7.80. The number of para-hydroxylation sites is 1. The van der Waals surface area contributed by atoms with Gasteiger partial charge in [0.05, 0.1) is 5.52 Å². The Labute approximate surface area is 125 Å². The number of carbonyl (C=O) groups is 1. The molecule has 0 atom stereocenters. The molecule has 110 valence electrons. The Morgan fingerprint density at radius 1 is 1.10 bits per heavy atom. The van der Waals surface area contributed by atoms with Gasteiger partial charge in [-0.1, -0.05) is 24.3 Å². The lowest BCUT2D eigenvalue weighted by Gasteiger charge is -2.28. The van der Waals surface area contributed by atoms with Crippen molar-refractivity contribution in [2.75, 3.05) is 0 Å². The first-order valence-corrected chi connectivity index (χ1v) is 7.80. The molecule has 0 amide bonds. The van der Waals surface area contributed by atoms with Crippen LogP contribution in [-0.4, -0.2) is 16.1 Å². The molecule has 1 aromatic heterocycles. The molecule has 0 spiro atoms. The molecule has 1 saturated carbocycles. The smallest absolute Gasteiger partial charge is 0.303 e. The van der Waals surface area contributed by atoms with E-state index in [4.69, 9.17) is 10.1 Å². The standard InChI is InChI=1S/C18H21NO2/c20-18(21)12-7-13-5-8-15(9-6-13)17-11-10-14-3-1-2-4-16(14)19-17/h1-4,10-11,13,15H,5-9,12H2,(H,20,21). The van der Waals surface area contributed by atoms with Crippen LogP contribution in [-0.2, 0) is 4.79 Å². The Bertz CT molecular complexity index is 630. The molecule has 1 N–H and O–H groups in total. The maximum Gasteiger partial charge on any atom is 0.303 e. The van der Waals surface area contributed by atoms with Crippen molar-refractivity contribution in [3.05, 3.63) is 42.1 Å². The highest BCUT2D eigenvalue weighted by Gasteiger charge is 2.23. The van der Waals surface area contributed by atoms with Gasteiger partial charge in [-0.3, -0.25) is 9.78 Å². The second-order valence-corrected chi connectivity index (χ2v) is 6.08. The maximum atomic E-state index is 10.6. The number of aliphatic carboxylic acids is 1. The molecular formula is C18H21NO2. The van der Waals surface area contributed by atoms with Gasteiger partial charge in [0.15, 0.2) is 0 Å².